The van der Waals surface area contributed by atoms with Crippen LogP contribution in [0.2, 0.25) is 0 Å². The Morgan fingerprint density at radius 2 is 1.94 bits per heavy atom. The molecule has 0 aliphatic rings. The summed E-state index contributed by atoms with van der Waals surface area (Å²) < 4.78 is 31.1. The van der Waals surface area contributed by atoms with E-state index in [1.165, 1.54) is 6.08 Å². The molecule has 88 valence electrons. The van der Waals surface area contributed by atoms with Gasteiger partial charge in [0.1, 0.15) is 4.75 Å². The highest BCUT2D eigenvalue weighted by atomic mass is 32.2. The number of rotatable bonds is 5. The molecule has 1 aromatic rings. The van der Waals surface area contributed by atoms with E-state index in [0.717, 1.165) is 0 Å². The lowest BCUT2D eigenvalue weighted by Gasteiger charge is -2.27. The predicted octanol–water partition coefficient (Wildman–Crippen LogP) is 2.76. The average molecular weight is 240 g/mol. The summed E-state index contributed by atoms with van der Waals surface area (Å²) in [4.78, 5) is 0. The Morgan fingerprint density at radius 1 is 1.38 bits per heavy atom. The van der Waals surface area contributed by atoms with Crippen LogP contribution in [0.15, 0.2) is 43.0 Å². The number of hydrogen-bond donors (Lipinski definition) is 1. The van der Waals surface area contributed by atoms with Crippen LogP contribution in [0.25, 0.3) is 0 Å². The maximum atomic E-state index is 11.6. The van der Waals surface area contributed by atoms with E-state index >= 15 is 0 Å². The quantitative estimate of drug-likeness (QED) is 0.636. The highest BCUT2D eigenvalue weighted by Crippen LogP contribution is 2.35. The van der Waals surface area contributed by atoms with Crippen LogP contribution in [-0.4, -0.2) is 13.0 Å². The lowest BCUT2D eigenvalue weighted by molar-refractivity contribution is 0.439. The molecule has 16 heavy (non-hydrogen) atoms. The highest BCUT2D eigenvalue weighted by Gasteiger charge is 2.40. The van der Waals surface area contributed by atoms with Crippen LogP contribution in [-0.2, 0) is 14.9 Å². The van der Waals surface area contributed by atoms with E-state index in [4.69, 9.17) is 0 Å². The van der Waals surface area contributed by atoms with E-state index in [2.05, 4.69) is 6.58 Å². The first-order valence-electron chi connectivity index (χ1n) is 5.14. The van der Waals surface area contributed by atoms with E-state index in [1.807, 2.05) is 6.92 Å². The van der Waals surface area contributed by atoms with E-state index in [1.54, 1.807) is 30.3 Å². The largest absolute Gasteiger partial charge is 0.285 e. The van der Waals surface area contributed by atoms with Gasteiger partial charge in [-0.3, -0.25) is 4.55 Å². The first kappa shape index (κ1) is 12.9. The summed E-state index contributed by atoms with van der Waals surface area (Å²) in [6.07, 6.45) is 2.27. The standard InChI is InChI=1S/C12H16O3S/c1-3-10-12(4-2,16(13,14)15)11-8-6-5-7-9-11/h4-9H,2-3,10H2,1H3,(H,13,14,15). The lowest BCUT2D eigenvalue weighted by Crippen LogP contribution is -2.33. The third-order valence-corrected chi connectivity index (χ3v) is 4.20. The monoisotopic (exact) mass is 240 g/mol. The average Bonchev–Trinajstić information content (AvgIpc) is 2.25. The molecule has 1 aromatic carbocycles. The molecule has 1 unspecified atom stereocenters. The number of benzene rings is 1. The molecular formula is C12H16O3S. The summed E-state index contributed by atoms with van der Waals surface area (Å²) in [5.41, 5.74) is 0.550. The predicted molar refractivity (Wildman–Crippen MR) is 64.8 cm³/mol. The van der Waals surface area contributed by atoms with Gasteiger partial charge in [0.25, 0.3) is 10.1 Å². The van der Waals surface area contributed by atoms with Crippen LogP contribution < -0.4 is 0 Å². The van der Waals surface area contributed by atoms with Crippen molar-refractivity contribution in [2.24, 2.45) is 0 Å². The summed E-state index contributed by atoms with van der Waals surface area (Å²) >= 11 is 0. The van der Waals surface area contributed by atoms with Gasteiger partial charge in [0, 0.05) is 0 Å². The van der Waals surface area contributed by atoms with E-state index in [-0.39, 0.29) is 0 Å². The summed E-state index contributed by atoms with van der Waals surface area (Å²) in [5, 5.41) is 0. The number of hydrogen-bond acceptors (Lipinski definition) is 2. The normalized spacial score (nSPS) is 15.4. The fourth-order valence-corrected chi connectivity index (χ4v) is 2.95. The van der Waals surface area contributed by atoms with Gasteiger partial charge >= 0.3 is 0 Å². The topological polar surface area (TPSA) is 54.4 Å². The zero-order valence-corrected chi connectivity index (χ0v) is 10.1. The molecule has 0 saturated carbocycles. The Labute approximate surface area is 96.6 Å². The van der Waals surface area contributed by atoms with Gasteiger partial charge in [-0.15, -0.1) is 6.58 Å². The SMILES string of the molecule is C=CC(CCC)(c1ccccc1)S(=O)(=O)O. The summed E-state index contributed by atoms with van der Waals surface area (Å²) in [6.45, 7) is 5.42. The molecule has 4 heteroatoms. The van der Waals surface area contributed by atoms with Gasteiger partial charge < -0.3 is 0 Å². The second-order valence-electron chi connectivity index (χ2n) is 3.68. The van der Waals surface area contributed by atoms with Gasteiger partial charge in [0.15, 0.2) is 0 Å². The molecule has 1 rings (SSSR count). The molecule has 0 fully saturated rings. The van der Waals surface area contributed by atoms with Crippen LogP contribution in [0.1, 0.15) is 25.3 Å². The molecule has 0 amide bonds. The zero-order chi connectivity index (χ0) is 12.2. The van der Waals surface area contributed by atoms with Crippen LogP contribution in [0, 0.1) is 0 Å². The van der Waals surface area contributed by atoms with E-state index < -0.39 is 14.9 Å². The van der Waals surface area contributed by atoms with E-state index in [0.29, 0.717) is 18.4 Å². The molecule has 1 atom stereocenters. The van der Waals surface area contributed by atoms with Crippen molar-refractivity contribution in [1.29, 1.82) is 0 Å². The van der Waals surface area contributed by atoms with E-state index in [9.17, 15) is 13.0 Å². The maximum absolute atomic E-state index is 11.6. The van der Waals surface area contributed by atoms with Gasteiger partial charge in [-0.1, -0.05) is 49.8 Å². The van der Waals surface area contributed by atoms with Crippen molar-refractivity contribution >= 4 is 10.1 Å². The van der Waals surface area contributed by atoms with Crippen molar-refractivity contribution < 1.29 is 13.0 Å². The Morgan fingerprint density at radius 3 is 2.31 bits per heavy atom. The molecule has 0 bridgehead atoms. The molecule has 0 aromatic heterocycles. The molecule has 0 heterocycles. The minimum Gasteiger partial charge on any atom is -0.285 e. The zero-order valence-electron chi connectivity index (χ0n) is 9.26. The third kappa shape index (κ3) is 2.18. The van der Waals surface area contributed by atoms with Crippen LogP contribution in [0.5, 0.6) is 0 Å². The molecule has 0 spiro atoms. The third-order valence-electron chi connectivity index (χ3n) is 2.67. The smallest absolute Gasteiger partial charge is 0.278 e. The molecule has 0 aliphatic heterocycles. The van der Waals surface area contributed by atoms with Gasteiger partial charge in [0.05, 0.1) is 0 Å². The van der Waals surface area contributed by atoms with Crippen molar-refractivity contribution in [2.45, 2.75) is 24.5 Å². The van der Waals surface area contributed by atoms with Crippen molar-refractivity contribution in [3.05, 3.63) is 48.6 Å². The lowest BCUT2D eigenvalue weighted by atomic mass is 9.93. The maximum Gasteiger partial charge on any atom is 0.278 e. The fraction of sp³-hybridized carbons (Fsp3) is 0.333. The van der Waals surface area contributed by atoms with Crippen LogP contribution in [0.3, 0.4) is 0 Å². The molecule has 0 radical (unpaired) electrons. The Hall–Kier alpha value is -1.13. The second kappa shape index (κ2) is 4.80. The molecule has 0 aliphatic carbocycles. The van der Waals surface area contributed by atoms with Crippen molar-refractivity contribution in [3.8, 4) is 0 Å². The summed E-state index contributed by atoms with van der Waals surface area (Å²) in [6, 6.07) is 8.66. The summed E-state index contributed by atoms with van der Waals surface area (Å²) in [5.74, 6) is 0. The minimum atomic E-state index is -4.21. The first-order chi connectivity index (χ1) is 7.48. The van der Waals surface area contributed by atoms with Crippen molar-refractivity contribution in [1.82, 2.24) is 0 Å². The van der Waals surface area contributed by atoms with Gasteiger partial charge in [-0.2, -0.15) is 8.42 Å². The molecule has 1 N–H and O–H groups in total. The van der Waals surface area contributed by atoms with Crippen LogP contribution in [0.4, 0.5) is 0 Å². The van der Waals surface area contributed by atoms with Gasteiger partial charge in [0.2, 0.25) is 0 Å². The van der Waals surface area contributed by atoms with Crippen LogP contribution >= 0.6 is 0 Å². The van der Waals surface area contributed by atoms with Gasteiger partial charge in [-0.05, 0) is 12.0 Å². The highest BCUT2D eigenvalue weighted by molar-refractivity contribution is 7.87. The fourth-order valence-electron chi connectivity index (χ4n) is 1.84. The Kier molecular flexibility index (Phi) is 3.88. The molecule has 0 saturated heterocycles. The first-order valence-corrected chi connectivity index (χ1v) is 6.58. The van der Waals surface area contributed by atoms with Gasteiger partial charge in [-0.25, -0.2) is 0 Å². The molecule has 3 nitrogen and oxygen atoms in total. The Bertz CT molecular complexity index is 450. The van der Waals surface area contributed by atoms with Crippen molar-refractivity contribution in [3.63, 3.8) is 0 Å². The van der Waals surface area contributed by atoms with Crippen molar-refractivity contribution in [2.75, 3.05) is 0 Å². The minimum absolute atomic E-state index is 0.319. The summed E-state index contributed by atoms with van der Waals surface area (Å²) in [7, 11) is -4.21. The second-order valence-corrected chi connectivity index (χ2v) is 5.36. The Balaban J connectivity index is 3.41. The molecular weight excluding hydrogens is 224 g/mol.